The summed E-state index contributed by atoms with van der Waals surface area (Å²) in [5.74, 6) is -1.86. The number of amides is 1. The van der Waals surface area contributed by atoms with Gasteiger partial charge in [-0.25, -0.2) is 0 Å². The van der Waals surface area contributed by atoms with Crippen LogP contribution in [0.1, 0.15) is 36.0 Å². The Kier molecular flexibility index (Phi) is 4.93. The summed E-state index contributed by atoms with van der Waals surface area (Å²) in [4.78, 5) is 12.0. The van der Waals surface area contributed by atoms with Gasteiger partial charge in [-0.1, -0.05) is 12.8 Å². The van der Waals surface area contributed by atoms with Crippen LogP contribution in [0.5, 0.6) is 0 Å². The predicted octanol–water partition coefficient (Wildman–Crippen LogP) is 4.14. The van der Waals surface area contributed by atoms with Crippen molar-refractivity contribution >= 4 is 28.5 Å². The second-order valence-electron chi connectivity index (χ2n) is 5.02. The fourth-order valence-electron chi connectivity index (χ4n) is 2.55. The summed E-state index contributed by atoms with van der Waals surface area (Å²) in [6.07, 6.45) is -2.46. The van der Waals surface area contributed by atoms with Crippen molar-refractivity contribution in [3.8, 4) is 0 Å². The Labute approximate surface area is 129 Å². The molecular weight excluding hydrogens is 382 g/mol. The van der Waals surface area contributed by atoms with Crippen LogP contribution in [0.25, 0.3) is 0 Å². The Morgan fingerprint density at radius 3 is 2.35 bits per heavy atom. The second-order valence-corrected chi connectivity index (χ2v) is 6.27. The molecule has 1 aromatic rings. The normalized spacial score (nSPS) is 23.4. The maximum atomic E-state index is 12.9. The zero-order chi connectivity index (χ0) is 14.8. The minimum absolute atomic E-state index is 0.0983. The number of hydrogen-bond donors (Lipinski definition) is 1. The summed E-state index contributed by atoms with van der Waals surface area (Å²) >= 11 is 2.11. The first-order valence-electron chi connectivity index (χ1n) is 6.51. The third-order valence-electron chi connectivity index (χ3n) is 3.61. The molecule has 20 heavy (non-hydrogen) atoms. The molecule has 110 valence electrons. The number of halogens is 4. The van der Waals surface area contributed by atoms with E-state index in [4.69, 9.17) is 0 Å². The summed E-state index contributed by atoms with van der Waals surface area (Å²) in [6, 6.07) is 5.97. The third-order valence-corrected chi connectivity index (χ3v) is 4.33. The fourth-order valence-corrected chi connectivity index (χ4v) is 2.91. The van der Waals surface area contributed by atoms with Gasteiger partial charge in [0.05, 0.1) is 5.92 Å². The monoisotopic (exact) mass is 397 g/mol. The first-order chi connectivity index (χ1) is 9.38. The highest BCUT2D eigenvalue weighted by atomic mass is 127. The van der Waals surface area contributed by atoms with E-state index < -0.39 is 24.0 Å². The number of rotatable bonds is 2. The smallest absolute Gasteiger partial charge is 0.349 e. The van der Waals surface area contributed by atoms with Crippen molar-refractivity contribution in [1.82, 2.24) is 5.32 Å². The van der Waals surface area contributed by atoms with Crippen molar-refractivity contribution in [3.05, 3.63) is 33.4 Å². The largest absolute Gasteiger partial charge is 0.393 e. The minimum atomic E-state index is -4.25. The van der Waals surface area contributed by atoms with Crippen molar-refractivity contribution in [2.75, 3.05) is 0 Å². The fraction of sp³-hybridized carbons (Fsp3) is 0.500. The van der Waals surface area contributed by atoms with Gasteiger partial charge < -0.3 is 5.32 Å². The first-order valence-corrected chi connectivity index (χ1v) is 7.59. The standard InChI is InChI=1S/C14H15F3INO/c15-14(16,17)11-3-1-2-4-12(11)19-13(20)9-5-7-10(18)8-6-9/h5-8,11-12H,1-4H2,(H,19,20). The molecule has 6 heteroatoms. The molecule has 1 N–H and O–H groups in total. The van der Waals surface area contributed by atoms with E-state index in [0.29, 0.717) is 18.4 Å². The van der Waals surface area contributed by atoms with Crippen LogP contribution in [0.4, 0.5) is 13.2 Å². The number of alkyl halides is 3. The zero-order valence-corrected chi connectivity index (χ0v) is 12.9. The van der Waals surface area contributed by atoms with Gasteiger partial charge in [0.25, 0.3) is 5.91 Å². The average Bonchev–Trinajstić information content (AvgIpc) is 2.38. The number of nitrogens with one attached hydrogen (secondary N) is 1. The lowest BCUT2D eigenvalue weighted by molar-refractivity contribution is -0.187. The first kappa shape index (κ1) is 15.6. The lowest BCUT2D eigenvalue weighted by Crippen LogP contribution is -2.47. The molecule has 2 nitrogen and oxygen atoms in total. The van der Waals surface area contributed by atoms with Crippen molar-refractivity contribution in [2.24, 2.45) is 5.92 Å². The molecule has 0 aliphatic heterocycles. The van der Waals surface area contributed by atoms with Crippen LogP contribution in [-0.2, 0) is 0 Å². The Bertz CT molecular complexity index is 472. The summed E-state index contributed by atoms with van der Waals surface area (Å²) in [5, 5.41) is 2.55. The Morgan fingerprint density at radius 2 is 1.75 bits per heavy atom. The van der Waals surface area contributed by atoms with Crippen molar-refractivity contribution in [2.45, 2.75) is 37.9 Å². The quantitative estimate of drug-likeness (QED) is 0.747. The number of hydrogen-bond acceptors (Lipinski definition) is 1. The van der Waals surface area contributed by atoms with Crippen LogP contribution in [0, 0.1) is 9.49 Å². The number of benzene rings is 1. The number of carbonyl (C=O) groups is 1. The van der Waals surface area contributed by atoms with E-state index in [0.717, 1.165) is 9.99 Å². The second kappa shape index (κ2) is 6.32. The van der Waals surface area contributed by atoms with Gasteiger partial charge >= 0.3 is 6.18 Å². The molecule has 0 heterocycles. The summed E-state index contributed by atoms with van der Waals surface area (Å²) in [7, 11) is 0. The van der Waals surface area contributed by atoms with Gasteiger partial charge in [-0.05, 0) is 59.7 Å². The van der Waals surface area contributed by atoms with Crippen LogP contribution in [0.2, 0.25) is 0 Å². The molecule has 1 aliphatic rings. The van der Waals surface area contributed by atoms with E-state index in [1.165, 1.54) is 0 Å². The Hall–Kier alpha value is -0.790. The SMILES string of the molecule is O=C(NC1CCCCC1C(F)(F)F)c1ccc(I)cc1. The lowest BCUT2D eigenvalue weighted by Gasteiger charge is -2.33. The van der Waals surface area contributed by atoms with Crippen molar-refractivity contribution < 1.29 is 18.0 Å². The van der Waals surface area contributed by atoms with E-state index in [-0.39, 0.29) is 6.42 Å². The molecule has 1 aliphatic carbocycles. The van der Waals surface area contributed by atoms with Crippen molar-refractivity contribution in [1.29, 1.82) is 0 Å². The molecule has 2 unspecified atom stereocenters. The molecule has 2 atom stereocenters. The molecule has 0 saturated heterocycles. The van der Waals surface area contributed by atoms with Crippen LogP contribution >= 0.6 is 22.6 Å². The van der Waals surface area contributed by atoms with E-state index in [1.54, 1.807) is 24.3 Å². The molecule has 1 aromatic carbocycles. The maximum absolute atomic E-state index is 12.9. The zero-order valence-electron chi connectivity index (χ0n) is 10.7. The van der Waals surface area contributed by atoms with Crippen molar-refractivity contribution in [3.63, 3.8) is 0 Å². The molecule has 0 radical (unpaired) electrons. The highest BCUT2D eigenvalue weighted by Crippen LogP contribution is 2.37. The van der Waals surface area contributed by atoms with E-state index in [1.807, 2.05) is 0 Å². The predicted molar refractivity (Wildman–Crippen MR) is 78.4 cm³/mol. The van der Waals surface area contributed by atoms with Crippen LogP contribution in [0.3, 0.4) is 0 Å². The molecule has 0 aromatic heterocycles. The van der Waals surface area contributed by atoms with E-state index in [2.05, 4.69) is 27.9 Å². The molecule has 0 spiro atoms. The summed E-state index contributed by atoms with van der Waals surface area (Å²) < 4.78 is 39.8. The highest BCUT2D eigenvalue weighted by Gasteiger charge is 2.45. The van der Waals surface area contributed by atoms with Gasteiger partial charge in [0.1, 0.15) is 0 Å². The topological polar surface area (TPSA) is 29.1 Å². The molecule has 1 fully saturated rings. The van der Waals surface area contributed by atoms with Crippen LogP contribution in [0.15, 0.2) is 24.3 Å². The highest BCUT2D eigenvalue weighted by molar-refractivity contribution is 14.1. The van der Waals surface area contributed by atoms with Gasteiger partial charge in [0.2, 0.25) is 0 Å². The van der Waals surface area contributed by atoms with Gasteiger partial charge in [-0.15, -0.1) is 0 Å². The van der Waals surface area contributed by atoms with Crippen LogP contribution in [-0.4, -0.2) is 18.1 Å². The van der Waals surface area contributed by atoms with E-state index in [9.17, 15) is 18.0 Å². The van der Waals surface area contributed by atoms with Gasteiger partial charge in [-0.2, -0.15) is 13.2 Å². The Balaban J connectivity index is 2.07. The lowest BCUT2D eigenvalue weighted by atomic mass is 9.84. The van der Waals surface area contributed by atoms with Gasteiger partial charge in [0, 0.05) is 15.2 Å². The molecule has 0 bridgehead atoms. The third kappa shape index (κ3) is 3.86. The molecule has 2 rings (SSSR count). The van der Waals surface area contributed by atoms with Crippen LogP contribution < -0.4 is 5.32 Å². The Morgan fingerprint density at radius 1 is 1.15 bits per heavy atom. The van der Waals surface area contributed by atoms with E-state index >= 15 is 0 Å². The molecule has 1 amide bonds. The average molecular weight is 397 g/mol. The molecular formula is C14H15F3INO. The molecule has 1 saturated carbocycles. The summed E-state index contributed by atoms with van der Waals surface area (Å²) in [5.41, 5.74) is 0.400. The van der Waals surface area contributed by atoms with Gasteiger partial charge in [0.15, 0.2) is 0 Å². The minimum Gasteiger partial charge on any atom is -0.349 e. The number of carbonyl (C=O) groups excluding carboxylic acids is 1. The summed E-state index contributed by atoms with van der Waals surface area (Å²) in [6.45, 7) is 0. The van der Waals surface area contributed by atoms with Gasteiger partial charge in [-0.3, -0.25) is 4.79 Å². The maximum Gasteiger partial charge on any atom is 0.393 e.